The molecule has 0 bridgehead atoms. The average molecular weight is 596 g/mol. The Labute approximate surface area is 247 Å². The van der Waals surface area contributed by atoms with Crippen molar-refractivity contribution in [3.63, 3.8) is 0 Å². The summed E-state index contributed by atoms with van der Waals surface area (Å²) in [6, 6.07) is 20.4. The van der Waals surface area contributed by atoms with E-state index in [2.05, 4.69) is 5.32 Å². The second-order valence-corrected chi connectivity index (χ2v) is 12.4. The molecule has 42 heavy (non-hydrogen) atoms. The highest BCUT2D eigenvalue weighted by Gasteiger charge is 2.33. The third kappa shape index (κ3) is 7.94. The van der Waals surface area contributed by atoms with Crippen molar-refractivity contribution in [1.29, 1.82) is 0 Å². The quantitative estimate of drug-likeness (QED) is 0.321. The highest BCUT2D eigenvalue weighted by atomic mass is 32.2. The number of anilines is 1. The normalized spacial score (nSPS) is 13.0. The lowest BCUT2D eigenvalue weighted by molar-refractivity contribution is -0.140. The topological polar surface area (TPSA) is 114 Å². The number of carbonyl (C=O) groups excluding carboxylic acids is 2. The van der Waals surface area contributed by atoms with Crippen LogP contribution < -0.4 is 23.8 Å². The predicted molar refractivity (Wildman–Crippen MR) is 160 cm³/mol. The molecule has 0 aromatic heterocycles. The first kappa shape index (κ1) is 30.7. The van der Waals surface area contributed by atoms with Crippen molar-refractivity contribution < 1.29 is 32.2 Å². The molecule has 1 heterocycles. The molecule has 224 valence electrons. The van der Waals surface area contributed by atoms with Gasteiger partial charge in [-0.15, -0.1) is 0 Å². The SMILES string of the molecule is COc1cccc(CN(C(=O)CN(c2ccc3c(c2)OCO3)S(C)(=O)=O)[C@@H](Cc2ccccc2)C(=O)NCC(C)C)c1. The summed E-state index contributed by atoms with van der Waals surface area (Å²) in [5.41, 5.74) is 1.84. The lowest BCUT2D eigenvalue weighted by Gasteiger charge is -2.33. The molecule has 3 aromatic carbocycles. The summed E-state index contributed by atoms with van der Waals surface area (Å²) < 4.78 is 43.2. The molecule has 11 heteroatoms. The highest BCUT2D eigenvalue weighted by Crippen LogP contribution is 2.36. The molecule has 0 aliphatic carbocycles. The van der Waals surface area contributed by atoms with Crippen molar-refractivity contribution in [3.8, 4) is 17.2 Å². The van der Waals surface area contributed by atoms with Gasteiger partial charge in [0, 0.05) is 25.6 Å². The van der Waals surface area contributed by atoms with E-state index in [1.54, 1.807) is 37.4 Å². The highest BCUT2D eigenvalue weighted by molar-refractivity contribution is 7.92. The number of sulfonamides is 1. The third-order valence-corrected chi connectivity index (χ3v) is 7.91. The van der Waals surface area contributed by atoms with Crippen LogP contribution >= 0.6 is 0 Å². The zero-order valence-corrected chi connectivity index (χ0v) is 25.1. The van der Waals surface area contributed by atoms with Crippen molar-refractivity contribution in [3.05, 3.63) is 83.9 Å². The van der Waals surface area contributed by atoms with Gasteiger partial charge < -0.3 is 24.4 Å². The molecule has 0 saturated heterocycles. The van der Waals surface area contributed by atoms with Gasteiger partial charge >= 0.3 is 0 Å². The number of hydrogen-bond donors (Lipinski definition) is 1. The maximum absolute atomic E-state index is 14.2. The van der Waals surface area contributed by atoms with E-state index < -0.39 is 28.5 Å². The van der Waals surface area contributed by atoms with Gasteiger partial charge in [-0.1, -0.05) is 56.3 Å². The minimum atomic E-state index is -3.90. The second kappa shape index (κ2) is 13.6. The zero-order valence-electron chi connectivity index (χ0n) is 24.3. The van der Waals surface area contributed by atoms with Crippen molar-refractivity contribution in [2.45, 2.75) is 32.9 Å². The van der Waals surface area contributed by atoms with Crippen LogP contribution in [0.3, 0.4) is 0 Å². The standard InChI is InChI=1S/C31H37N3O7S/c1-22(2)18-32-31(36)27(16-23-9-6-5-7-10-23)33(19-24-11-8-12-26(15-24)39-3)30(35)20-34(42(4,37)38)25-13-14-28-29(17-25)41-21-40-28/h5-15,17,22,27H,16,18-21H2,1-4H3,(H,32,36)/t27-/m0/s1. The molecule has 10 nitrogen and oxygen atoms in total. The maximum Gasteiger partial charge on any atom is 0.244 e. The Morgan fingerprint density at radius 2 is 1.67 bits per heavy atom. The minimum absolute atomic E-state index is 0.0254. The molecular formula is C31H37N3O7S. The van der Waals surface area contributed by atoms with E-state index in [0.29, 0.717) is 23.8 Å². The van der Waals surface area contributed by atoms with Gasteiger partial charge in [0.15, 0.2) is 11.5 Å². The molecule has 0 unspecified atom stereocenters. The van der Waals surface area contributed by atoms with Gasteiger partial charge in [0.1, 0.15) is 18.3 Å². The Kier molecular flexibility index (Phi) is 9.95. The van der Waals surface area contributed by atoms with E-state index in [0.717, 1.165) is 21.7 Å². The molecule has 0 radical (unpaired) electrons. The lowest BCUT2D eigenvalue weighted by Crippen LogP contribution is -2.53. The first-order valence-electron chi connectivity index (χ1n) is 13.7. The first-order chi connectivity index (χ1) is 20.0. The Balaban J connectivity index is 1.73. The first-order valence-corrected chi connectivity index (χ1v) is 15.5. The molecule has 3 aromatic rings. The molecule has 0 saturated carbocycles. The number of ether oxygens (including phenoxy) is 3. The smallest absolute Gasteiger partial charge is 0.244 e. The van der Waals surface area contributed by atoms with Crippen LogP contribution in [0.2, 0.25) is 0 Å². The van der Waals surface area contributed by atoms with E-state index >= 15 is 0 Å². The summed E-state index contributed by atoms with van der Waals surface area (Å²) >= 11 is 0. The number of benzene rings is 3. The van der Waals surface area contributed by atoms with Crippen LogP contribution in [-0.4, -0.2) is 64.4 Å². The van der Waals surface area contributed by atoms with Gasteiger partial charge in [0.2, 0.25) is 28.6 Å². The Morgan fingerprint density at radius 3 is 2.36 bits per heavy atom. The van der Waals surface area contributed by atoms with E-state index in [-0.39, 0.29) is 37.3 Å². The van der Waals surface area contributed by atoms with Gasteiger partial charge in [-0.2, -0.15) is 0 Å². The predicted octanol–water partition coefficient (Wildman–Crippen LogP) is 3.60. The number of carbonyl (C=O) groups is 2. The number of fused-ring (bicyclic) bond motifs is 1. The zero-order chi connectivity index (χ0) is 30.3. The summed E-state index contributed by atoms with van der Waals surface area (Å²) in [4.78, 5) is 29.3. The molecule has 0 fully saturated rings. The fourth-order valence-corrected chi connectivity index (χ4v) is 5.44. The molecule has 2 amide bonds. The number of methoxy groups -OCH3 is 1. The van der Waals surface area contributed by atoms with Crippen molar-refractivity contribution in [1.82, 2.24) is 10.2 Å². The average Bonchev–Trinajstić information content (AvgIpc) is 3.44. The minimum Gasteiger partial charge on any atom is -0.497 e. The van der Waals surface area contributed by atoms with Crippen LogP contribution in [-0.2, 0) is 32.6 Å². The van der Waals surface area contributed by atoms with Crippen LogP contribution in [0.1, 0.15) is 25.0 Å². The van der Waals surface area contributed by atoms with Crippen molar-refractivity contribution >= 4 is 27.5 Å². The second-order valence-electron chi connectivity index (χ2n) is 10.5. The van der Waals surface area contributed by atoms with Crippen LogP contribution in [0.15, 0.2) is 72.8 Å². The fraction of sp³-hybridized carbons (Fsp3) is 0.355. The van der Waals surface area contributed by atoms with E-state index in [1.165, 1.54) is 11.0 Å². The summed E-state index contributed by atoms with van der Waals surface area (Å²) in [5.74, 6) is 0.807. The van der Waals surface area contributed by atoms with Gasteiger partial charge in [-0.3, -0.25) is 13.9 Å². The maximum atomic E-state index is 14.2. The number of hydrogen-bond acceptors (Lipinski definition) is 7. The number of nitrogens with one attached hydrogen (secondary N) is 1. The fourth-order valence-electron chi connectivity index (χ4n) is 4.60. The molecule has 1 atom stereocenters. The number of amides is 2. The number of rotatable bonds is 13. The van der Waals surface area contributed by atoms with Crippen LogP contribution in [0.4, 0.5) is 5.69 Å². The summed E-state index contributed by atoms with van der Waals surface area (Å²) in [5, 5.41) is 2.97. The molecular weight excluding hydrogens is 558 g/mol. The largest absolute Gasteiger partial charge is 0.497 e. The molecule has 1 N–H and O–H groups in total. The summed E-state index contributed by atoms with van der Waals surface area (Å²) in [7, 11) is -2.35. The van der Waals surface area contributed by atoms with Crippen LogP contribution in [0.5, 0.6) is 17.2 Å². The van der Waals surface area contributed by atoms with Gasteiger partial charge in [0.25, 0.3) is 0 Å². The molecule has 4 rings (SSSR count). The van der Waals surface area contributed by atoms with Gasteiger partial charge in [-0.25, -0.2) is 8.42 Å². The third-order valence-electron chi connectivity index (χ3n) is 6.77. The lowest BCUT2D eigenvalue weighted by atomic mass is 10.0. The van der Waals surface area contributed by atoms with Crippen LogP contribution in [0, 0.1) is 5.92 Å². The summed E-state index contributed by atoms with van der Waals surface area (Å²) in [6.45, 7) is 3.96. The van der Waals surface area contributed by atoms with E-state index in [1.807, 2.05) is 50.2 Å². The van der Waals surface area contributed by atoms with Crippen molar-refractivity contribution in [2.24, 2.45) is 5.92 Å². The monoisotopic (exact) mass is 595 g/mol. The van der Waals surface area contributed by atoms with E-state index in [9.17, 15) is 18.0 Å². The Hall–Kier alpha value is -4.25. The van der Waals surface area contributed by atoms with E-state index in [4.69, 9.17) is 14.2 Å². The molecule has 1 aliphatic rings. The molecule has 1 aliphatic heterocycles. The number of nitrogens with zero attached hydrogens (tertiary/aromatic N) is 2. The van der Waals surface area contributed by atoms with Crippen LogP contribution in [0.25, 0.3) is 0 Å². The van der Waals surface area contributed by atoms with Gasteiger partial charge in [0.05, 0.1) is 19.1 Å². The Bertz CT molecular complexity index is 1500. The van der Waals surface area contributed by atoms with Crippen molar-refractivity contribution in [2.75, 3.05) is 37.6 Å². The Morgan fingerprint density at radius 1 is 0.952 bits per heavy atom. The van der Waals surface area contributed by atoms with Gasteiger partial charge in [-0.05, 0) is 41.3 Å². The summed E-state index contributed by atoms with van der Waals surface area (Å²) in [6.07, 6.45) is 1.28. The molecule has 0 spiro atoms.